The summed E-state index contributed by atoms with van der Waals surface area (Å²) >= 11 is 1.45. The van der Waals surface area contributed by atoms with Gasteiger partial charge in [-0.1, -0.05) is 5.92 Å². The molecule has 3 heterocycles. The molecule has 26 heavy (non-hydrogen) atoms. The lowest BCUT2D eigenvalue weighted by atomic mass is 10.1. The third-order valence-electron chi connectivity index (χ3n) is 4.25. The molecule has 0 saturated heterocycles. The normalized spacial score (nSPS) is 13.5. The van der Waals surface area contributed by atoms with E-state index in [0.717, 1.165) is 10.4 Å². The van der Waals surface area contributed by atoms with E-state index in [9.17, 15) is 9.59 Å². The number of amides is 1. The van der Waals surface area contributed by atoms with Gasteiger partial charge in [0.2, 0.25) is 0 Å². The summed E-state index contributed by atoms with van der Waals surface area (Å²) in [6, 6.07) is 0. The summed E-state index contributed by atoms with van der Waals surface area (Å²) in [4.78, 5) is 33.0. The van der Waals surface area contributed by atoms with Crippen LogP contribution < -0.4 is 5.56 Å². The second kappa shape index (κ2) is 7.89. The SMILES string of the molecule is C#CCn1c(COCC)nc2sc3c(c2c1=O)CCN(C(=O)OCC)C3. The van der Waals surface area contributed by atoms with Gasteiger partial charge < -0.3 is 14.4 Å². The number of thiophene rings is 1. The van der Waals surface area contributed by atoms with E-state index in [1.165, 1.54) is 15.9 Å². The molecule has 1 amide bonds. The maximum atomic E-state index is 13.0. The highest BCUT2D eigenvalue weighted by atomic mass is 32.1. The molecule has 138 valence electrons. The predicted octanol–water partition coefficient (Wildman–Crippen LogP) is 2.14. The van der Waals surface area contributed by atoms with Crippen LogP contribution >= 0.6 is 11.3 Å². The van der Waals surface area contributed by atoms with E-state index in [2.05, 4.69) is 10.9 Å². The van der Waals surface area contributed by atoms with Crippen LogP contribution in [0.25, 0.3) is 10.2 Å². The Kier molecular flexibility index (Phi) is 5.59. The monoisotopic (exact) mass is 375 g/mol. The Bertz CT molecular complexity index is 925. The molecule has 0 N–H and O–H groups in total. The lowest BCUT2D eigenvalue weighted by molar-refractivity contribution is 0.103. The van der Waals surface area contributed by atoms with Gasteiger partial charge in [-0.3, -0.25) is 9.36 Å². The number of hydrogen-bond acceptors (Lipinski definition) is 6. The number of carbonyl (C=O) groups excluding carboxylic acids is 1. The van der Waals surface area contributed by atoms with Crippen molar-refractivity contribution in [1.82, 2.24) is 14.5 Å². The number of terminal acetylenes is 1. The molecule has 0 fully saturated rings. The van der Waals surface area contributed by atoms with Gasteiger partial charge in [0.25, 0.3) is 5.56 Å². The van der Waals surface area contributed by atoms with E-state index in [4.69, 9.17) is 15.9 Å². The van der Waals surface area contributed by atoms with E-state index in [1.54, 1.807) is 11.8 Å². The number of carbonyl (C=O) groups is 1. The zero-order chi connectivity index (χ0) is 18.7. The molecule has 0 aromatic carbocycles. The van der Waals surface area contributed by atoms with E-state index in [1.807, 2.05) is 6.92 Å². The van der Waals surface area contributed by atoms with Crippen LogP contribution in [0.4, 0.5) is 4.79 Å². The molecule has 8 heteroatoms. The second-order valence-electron chi connectivity index (χ2n) is 5.82. The van der Waals surface area contributed by atoms with E-state index in [0.29, 0.717) is 48.8 Å². The maximum Gasteiger partial charge on any atom is 0.410 e. The summed E-state index contributed by atoms with van der Waals surface area (Å²) in [6.07, 6.45) is 5.71. The zero-order valence-electron chi connectivity index (χ0n) is 14.9. The predicted molar refractivity (Wildman–Crippen MR) is 99.2 cm³/mol. The van der Waals surface area contributed by atoms with Crippen LogP contribution in [-0.2, 0) is 35.6 Å². The molecule has 0 bridgehead atoms. The summed E-state index contributed by atoms with van der Waals surface area (Å²) in [5.41, 5.74) is 0.835. The van der Waals surface area contributed by atoms with Crippen molar-refractivity contribution in [2.75, 3.05) is 19.8 Å². The van der Waals surface area contributed by atoms with E-state index in [-0.39, 0.29) is 24.8 Å². The minimum atomic E-state index is -0.328. The Hall–Kier alpha value is -2.37. The van der Waals surface area contributed by atoms with Crippen LogP contribution in [0, 0.1) is 12.3 Å². The van der Waals surface area contributed by atoms with Crippen molar-refractivity contribution in [3.05, 3.63) is 26.6 Å². The Labute approximate surface area is 155 Å². The van der Waals surface area contributed by atoms with Gasteiger partial charge in [-0.05, 0) is 25.8 Å². The summed E-state index contributed by atoms with van der Waals surface area (Å²) in [5, 5.41) is 0.615. The highest BCUT2D eigenvalue weighted by molar-refractivity contribution is 7.18. The molecule has 7 nitrogen and oxygen atoms in total. The van der Waals surface area contributed by atoms with E-state index < -0.39 is 0 Å². The van der Waals surface area contributed by atoms with Crippen molar-refractivity contribution < 1.29 is 14.3 Å². The molecule has 1 aliphatic rings. The Balaban J connectivity index is 2.05. The molecule has 3 rings (SSSR count). The lowest BCUT2D eigenvalue weighted by Gasteiger charge is -2.25. The third kappa shape index (κ3) is 3.32. The highest BCUT2D eigenvalue weighted by Gasteiger charge is 2.27. The number of rotatable bonds is 5. The first-order chi connectivity index (χ1) is 12.6. The quantitative estimate of drug-likeness (QED) is 0.749. The van der Waals surface area contributed by atoms with Crippen LogP contribution in [0.5, 0.6) is 0 Å². The van der Waals surface area contributed by atoms with Gasteiger partial charge in [-0.2, -0.15) is 0 Å². The van der Waals surface area contributed by atoms with Gasteiger partial charge in [0.1, 0.15) is 17.3 Å². The summed E-state index contributed by atoms with van der Waals surface area (Å²) in [5.74, 6) is 3.05. The summed E-state index contributed by atoms with van der Waals surface area (Å²) < 4.78 is 12.0. The fourth-order valence-corrected chi connectivity index (χ4v) is 4.29. The highest BCUT2D eigenvalue weighted by Crippen LogP contribution is 2.32. The molecular weight excluding hydrogens is 354 g/mol. The van der Waals surface area contributed by atoms with Crippen LogP contribution in [0.2, 0.25) is 0 Å². The number of aromatic nitrogens is 2. The van der Waals surface area contributed by atoms with Crippen molar-refractivity contribution in [3.63, 3.8) is 0 Å². The van der Waals surface area contributed by atoms with Crippen molar-refractivity contribution in [1.29, 1.82) is 0 Å². The molecule has 1 aliphatic heterocycles. The molecule has 0 atom stereocenters. The number of hydrogen-bond donors (Lipinski definition) is 0. The fourth-order valence-electron chi connectivity index (χ4n) is 3.05. The Morgan fingerprint density at radius 1 is 1.38 bits per heavy atom. The summed E-state index contributed by atoms with van der Waals surface area (Å²) in [6.45, 7) is 5.88. The van der Waals surface area contributed by atoms with Crippen LogP contribution in [0.1, 0.15) is 30.1 Å². The van der Waals surface area contributed by atoms with Gasteiger partial charge in [0.15, 0.2) is 0 Å². The maximum absolute atomic E-state index is 13.0. The first kappa shape index (κ1) is 18.4. The number of nitrogens with zero attached hydrogens (tertiary/aromatic N) is 3. The minimum absolute atomic E-state index is 0.135. The van der Waals surface area contributed by atoms with E-state index >= 15 is 0 Å². The largest absolute Gasteiger partial charge is 0.450 e. The van der Waals surface area contributed by atoms with Gasteiger partial charge in [-0.25, -0.2) is 9.78 Å². The van der Waals surface area contributed by atoms with Crippen molar-refractivity contribution in [2.45, 2.75) is 40.0 Å². The topological polar surface area (TPSA) is 73.7 Å². The third-order valence-corrected chi connectivity index (χ3v) is 5.36. The summed E-state index contributed by atoms with van der Waals surface area (Å²) in [7, 11) is 0. The standard InChI is InChI=1S/C18H21N3O4S/c1-4-8-21-14(11-24-5-2)19-16-15(17(21)22)12-7-9-20(10-13(12)26-16)18(23)25-6-3/h1H,5-11H2,2-3H3. The molecule has 0 radical (unpaired) electrons. The molecule has 2 aromatic rings. The average Bonchev–Trinajstić information content (AvgIpc) is 3.00. The van der Waals surface area contributed by atoms with Gasteiger partial charge in [-0.15, -0.1) is 17.8 Å². The smallest absolute Gasteiger partial charge is 0.410 e. The number of ether oxygens (including phenoxy) is 2. The molecule has 0 saturated carbocycles. The number of fused-ring (bicyclic) bond motifs is 3. The van der Waals surface area contributed by atoms with Crippen molar-refractivity contribution in [3.8, 4) is 12.3 Å². The molecule has 0 unspecified atom stereocenters. The molecular formula is C18H21N3O4S. The van der Waals surface area contributed by atoms with Gasteiger partial charge in [0, 0.05) is 18.0 Å². The zero-order valence-corrected chi connectivity index (χ0v) is 15.7. The fraction of sp³-hybridized carbons (Fsp3) is 0.500. The van der Waals surface area contributed by atoms with Gasteiger partial charge >= 0.3 is 6.09 Å². The van der Waals surface area contributed by atoms with Crippen LogP contribution in [0.15, 0.2) is 4.79 Å². The average molecular weight is 375 g/mol. The van der Waals surface area contributed by atoms with Crippen molar-refractivity contribution in [2.24, 2.45) is 0 Å². The minimum Gasteiger partial charge on any atom is -0.450 e. The molecule has 2 aromatic heterocycles. The second-order valence-corrected chi connectivity index (χ2v) is 6.90. The first-order valence-corrected chi connectivity index (χ1v) is 9.39. The first-order valence-electron chi connectivity index (χ1n) is 8.57. The lowest BCUT2D eigenvalue weighted by Crippen LogP contribution is -2.36. The Morgan fingerprint density at radius 3 is 2.88 bits per heavy atom. The Morgan fingerprint density at radius 2 is 2.19 bits per heavy atom. The molecule has 0 aliphatic carbocycles. The molecule has 0 spiro atoms. The van der Waals surface area contributed by atoms with Crippen molar-refractivity contribution >= 4 is 27.6 Å². The van der Waals surface area contributed by atoms with Crippen LogP contribution in [-0.4, -0.2) is 40.3 Å². The van der Waals surface area contributed by atoms with Gasteiger partial charge in [0.05, 0.1) is 25.1 Å². The van der Waals surface area contributed by atoms with Crippen LogP contribution in [0.3, 0.4) is 0 Å².